The summed E-state index contributed by atoms with van der Waals surface area (Å²) in [5.74, 6) is 0.160. The van der Waals surface area contributed by atoms with E-state index in [4.69, 9.17) is 0 Å². The van der Waals surface area contributed by atoms with E-state index in [0.717, 1.165) is 22.7 Å². The molecule has 0 aliphatic rings. The van der Waals surface area contributed by atoms with E-state index in [9.17, 15) is 8.78 Å². The van der Waals surface area contributed by atoms with E-state index in [-0.39, 0.29) is 11.8 Å². The smallest absolute Gasteiger partial charge is 0.387 e. The van der Waals surface area contributed by atoms with Gasteiger partial charge in [0.15, 0.2) is 0 Å². The number of ether oxygens (including phenoxy) is 1. The Kier molecular flexibility index (Phi) is 5.25. The van der Waals surface area contributed by atoms with E-state index >= 15 is 0 Å². The molecular formula is C15H18F2N2OS. The predicted molar refractivity (Wildman–Crippen MR) is 80.2 cm³/mol. The first-order valence-electron chi connectivity index (χ1n) is 6.73. The van der Waals surface area contributed by atoms with Crippen LogP contribution in [0.3, 0.4) is 0 Å². The number of halogens is 2. The highest BCUT2D eigenvalue weighted by Gasteiger charge is 2.18. The molecule has 0 bridgehead atoms. The third kappa shape index (κ3) is 3.77. The van der Waals surface area contributed by atoms with Gasteiger partial charge < -0.3 is 10.1 Å². The molecule has 21 heavy (non-hydrogen) atoms. The Hall–Kier alpha value is -1.53. The zero-order valence-electron chi connectivity index (χ0n) is 12.2. The van der Waals surface area contributed by atoms with Gasteiger partial charge in [-0.15, -0.1) is 11.3 Å². The fraction of sp³-hybridized carbons (Fsp3) is 0.400. The monoisotopic (exact) mass is 312 g/mol. The lowest BCUT2D eigenvalue weighted by Crippen LogP contribution is -2.17. The molecule has 0 saturated heterocycles. The largest absolute Gasteiger partial charge is 0.435 e. The lowest BCUT2D eigenvalue weighted by atomic mass is 10.1. The number of nitrogens with zero attached hydrogens (tertiary/aromatic N) is 1. The van der Waals surface area contributed by atoms with Crippen LogP contribution in [0.1, 0.15) is 34.1 Å². The number of aromatic nitrogens is 1. The van der Waals surface area contributed by atoms with E-state index in [0.29, 0.717) is 0 Å². The molecule has 1 aromatic heterocycles. The molecule has 2 rings (SSSR count). The number of rotatable bonds is 6. The third-order valence-corrected chi connectivity index (χ3v) is 4.30. The maximum Gasteiger partial charge on any atom is 0.387 e. The van der Waals surface area contributed by atoms with Crippen molar-refractivity contribution >= 4 is 11.3 Å². The Balaban J connectivity index is 2.24. The highest BCUT2D eigenvalue weighted by atomic mass is 32.1. The summed E-state index contributed by atoms with van der Waals surface area (Å²) in [6.45, 7) is 1.34. The van der Waals surface area contributed by atoms with Crippen LogP contribution < -0.4 is 10.1 Å². The second-order valence-corrected chi connectivity index (χ2v) is 5.81. The highest BCUT2D eigenvalue weighted by molar-refractivity contribution is 7.11. The molecule has 0 saturated carbocycles. The molecule has 1 N–H and O–H groups in total. The number of aryl methyl sites for hydroxylation is 2. The maximum absolute atomic E-state index is 12.2. The number of hydrogen-bond acceptors (Lipinski definition) is 4. The first-order chi connectivity index (χ1) is 10.0. The van der Waals surface area contributed by atoms with Crippen molar-refractivity contribution in [3.8, 4) is 5.75 Å². The summed E-state index contributed by atoms with van der Waals surface area (Å²) < 4.78 is 28.7. The van der Waals surface area contributed by atoms with Crippen molar-refractivity contribution in [2.24, 2.45) is 0 Å². The SMILES string of the molecule is CCc1nc(C(NC)c2ccc(OC(F)F)cc2)sc1C. The Morgan fingerprint density at radius 3 is 2.43 bits per heavy atom. The van der Waals surface area contributed by atoms with Crippen molar-refractivity contribution in [1.29, 1.82) is 0 Å². The first-order valence-corrected chi connectivity index (χ1v) is 7.55. The van der Waals surface area contributed by atoms with Gasteiger partial charge in [-0.05, 0) is 38.1 Å². The van der Waals surface area contributed by atoms with Gasteiger partial charge in [-0.1, -0.05) is 19.1 Å². The molecule has 0 aliphatic heterocycles. The average Bonchev–Trinajstić information content (AvgIpc) is 2.82. The van der Waals surface area contributed by atoms with Crippen LogP contribution in [0.5, 0.6) is 5.75 Å². The molecule has 0 radical (unpaired) electrons. The van der Waals surface area contributed by atoms with Crippen molar-refractivity contribution in [2.45, 2.75) is 32.9 Å². The van der Waals surface area contributed by atoms with Crippen LogP contribution in [0.4, 0.5) is 8.78 Å². The van der Waals surface area contributed by atoms with Gasteiger partial charge in [0, 0.05) is 4.88 Å². The summed E-state index contributed by atoms with van der Waals surface area (Å²) in [5.41, 5.74) is 2.07. The zero-order chi connectivity index (χ0) is 15.4. The molecule has 114 valence electrons. The van der Waals surface area contributed by atoms with Crippen molar-refractivity contribution in [3.05, 3.63) is 45.4 Å². The molecule has 1 aromatic carbocycles. The van der Waals surface area contributed by atoms with Crippen LogP contribution in [0.25, 0.3) is 0 Å². The quantitative estimate of drug-likeness (QED) is 0.878. The number of hydrogen-bond donors (Lipinski definition) is 1. The van der Waals surface area contributed by atoms with Crippen LogP contribution in [0.15, 0.2) is 24.3 Å². The van der Waals surface area contributed by atoms with Gasteiger partial charge in [-0.2, -0.15) is 8.78 Å². The van der Waals surface area contributed by atoms with Crippen LogP contribution in [0.2, 0.25) is 0 Å². The van der Waals surface area contributed by atoms with Gasteiger partial charge in [0.2, 0.25) is 0 Å². The summed E-state index contributed by atoms with van der Waals surface area (Å²) in [4.78, 5) is 5.86. The van der Waals surface area contributed by atoms with Gasteiger partial charge in [0.05, 0.1) is 11.7 Å². The average molecular weight is 312 g/mol. The molecule has 6 heteroatoms. The summed E-state index contributed by atoms with van der Waals surface area (Å²) in [6.07, 6.45) is 0.903. The molecular weight excluding hydrogens is 294 g/mol. The van der Waals surface area contributed by atoms with Crippen LogP contribution >= 0.6 is 11.3 Å². The standard InChI is InChI=1S/C15H18F2N2OS/c1-4-12-9(2)21-14(19-12)13(18-3)10-5-7-11(8-6-10)20-15(16)17/h5-8,13,15,18H,4H2,1-3H3. The van der Waals surface area contributed by atoms with Crippen LogP contribution in [0, 0.1) is 6.92 Å². The van der Waals surface area contributed by atoms with E-state index in [2.05, 4.69) is 28.9 Å². The Morgan fingerprint density at radius 1 is 1.29 bits per heavy atom. The number of benzene rings is 1. The van der Waals surface area contributed by atoms with Gasteiger partial charge >= 0.3 is 6.61 Å². The molecule has 0 aliphatic carbocycles. The predicted octanol–water partition coefficient (Wildman–Crippen LogP) is 3.92. The van der Waals surface area contributed by atoms with Gasteiger partial charge in [-0.3, -0.25) is 0 Å². The first kappa shape index (κ1) is 15.9. The van der Waals surface area contributed by atoms with Crippen molar-refractivity contribution in [1.82, 2.24) is 10.3 Å². The minimum absolute atomic E-state index is 0.0467. The number of thiazole rings is 1. The molecule has 1 atom stereocenters. The fourth-order valence-corrected chi connectivity index (χ4v) is 3.33. The van der Waals surface area contributed by atoms with Crippen LogP contribution in [-0.2, 0) is 6.42 Å². The Bertz CT molecular complexity index is 584. The van der Waals surface area contributed by atoms with E-state index in [1.807, 2.05) is 7.05 Å². The molecule has 2 aromatic rings. The second kappa shape index (κ2) is 6.95. The van der Waals surface area contributed by atoms with Gasteiger partial charge in [0.1, 0.15) is 10.8 Å². The summed E-state index contributed by atoms with van der Waals surface area (Å²) in [7, 11) is 1.86. The lowest BCUT2D eigenvalue weighted by Gasteiger charge is -2.14. The zero-order valence-corrected chi connectivity index (χ0v) is 13.0. The van der Waals surface area contributed by atoms with Gasteiger partial charge in [0.25, 0.3) is 0 Å². The number of alkyl halides is 2. The summed E-state index contributed by atoms with van der Waals surface area (Å²) in [6, 6.07) is 6.61. The van der Waals surface area contributed by atoms with Crippen molar-refractivity contribution in [3.63, 3.8) is 0 Å². The van der Waals surface area contributed by atoms with Crippen molar-refractivity contribution < 1.29 is 13.5 Å². The number of nitrogens with one attached hydrogen (secondary N) is 1. The van der Waals surface area contributed by atoms with Crippen molar-refractivity contribution in [2.75, 3.05) is 7.05 Å². The fourth-order valence-electron chi connectivity index (χ4n) is 2.18. The maximum atomic E-state index is 12.2. The normalized spacial score (nSPS) is 12.7. The van der Waals surface area contributed by atoms with E-state index < -0.39 is 6.61 Å². The molecule has 1 unspecified atom stereocenters. The third-order valence-electron chi connectivity index (χ3n) is 3.22. The Morgan fingerprint density at radius 2 is 1.95 bits per heavy atom. The molecule has 0 amide bonds. The minimum atomic E-state index is -2.80. The molecule has 0 fully saturated rings. The van der Waals surface area contributed by atoms with E-state index in [1.165, 1.54) is 4.88 Å². The second-order valence-electron chi connectivity index (χ2n) is 4.58. The highest BCUT2D eigenvalue weighted by Crippen LogP contribution is 2.29. The summed E-state index contributed by atoms with van der Waals surface area (Å²) >= 11 is 1.66. The van der Waals surface area contributed by atoms with E-state index in [1.54, 1.807) is 35.6 Å². The lowest BCUT2D eigenvalue weighted by molar-refractivity contribution is -0.0498. The molecule has 0 spiro atoms. The molecule has 1 heterocycles. The Labute approximate surface area is 127 Å². The summed E-state index contributed by atoms with van der Waals surface area (Å²) in [5, 5.41) is 4.20. The minimum Gasteiger partial charge on any atom is -0.435 e. The van der Waals surface area contributed by atoms with Crippen LogP contribution in [-0.4, -0.2) is 18.6 Å². The molecule has 3 nitrogen and oxygen atoms in total. The topological polar surface area (TPSA) is 34.2 Å². The van der Waals surface area contributed by atoms with Gasteiger partial charge in [-0.25, -0.2) is 4.98 Å².